The molecule has 2 heterocycles. The van der Waals surface area contributed by atoms with Crippen LogP contribution in [0.15, 0.2) is 28.7 Å². The smallest absolute Gasteiger partial charge is 0.328 e. The lowest BCUT2D eigenvalue weighted by atomic mass is 9.62. The molecule has 0 spiro atoms. The fourth-order valence-corrected chi connectivity index (χ4v) is 5.21. The van der Waals surface area contributed by atoms with E-state index in [1.165, 1.54) is 29.2 Å². The zero-order valence-corrected chi connectivity index (χ0v) is 20.4. The lowest BCUT2D eigenvalue weighted by molar-refractivity contribution is -0.145. The van der Waals surface area contributed by atoms with Crippen LogP contribution in [-0.4, -0.2) is 42.3 Å². The first kappa shape index (κ1) is 23.3. The van der Waals surface area contributed by atoms with E-state index in [4.69, 9.17) is 9.15 Å². The number of rotatable bonds is 4. The minimum Gasteiger partial charge on any atom is -0.467 e. The van der Waals surface area contributed by atoms with Gasteiger partial charge < -0.3 is 14.1 Å². The van der Waals surface area contributed by atoms with Crippen molar-refractivity contribution in [3.63, 3.8) is 0 Å². The minimum absolute atomic E-state index is 0.0173. The average Bonchev–Trinajstić information content (AvgIpc) is 3.45. The molecule has 1 amide bonds. The Bertz CT molecular complexity index is 1120. The first-order valence-corrected chi connectivity index (χ1v) is 11.7. The summed E-state index contributed by atoms with van der Waals surface area (Å²) in [4.78, 5) is 39.9. The number of amides is 1. The van der Waals surface area contributed by atoms with Gasteiger partial charge in [0.2, 0.25) is 5.78 Å². The second kappa shape index (κ2) is 8.15. The Balaban J connectivity index is 1.64. The van der Waals surface area contributed by atoms with Gasteiger partial charge in [0.1, 0.15) is 6.04 Å². The van der Waals surface area contributed by atoms with Crippen molar-refractivity contribution in [3.8, 4) is 0 Å². The lowest BCUT2D eigenvalue weighted by Gasteiger charge is -2.42. The number of hydrogen-bond donors (Lipinski definition) is 0. The Morgan fingerprint density at radius 3 is 2.24 bits per heavy atom. The maximum atomic E-state index is 13.4. The number of ketones is 1. The van der Waals surface area contributed by atoms with Crippen LogP contribution in [0, 0.1) is 6.92 Å². The number of likely N-dealkylation sites (tertiary alicyclic amines) is 1. The van der Waals surface area contributed by atoms with Crippen LogP contribution in [0.4, 0.5) is 0 Å². The lowest BCUT2D eigenvalue weighted by Crippen LogP contribution is -2.40. The molecule has 33 heavy (non-hydrogen) atoms. The van der Waals surface area contributed by atoms with Crippen molar-refractivity contribution in [2.75, 3.05) is 13.7 Å². The zero-order valence-electron chi connectivity index (χ0n) is 20.4. The van der Waals surface area contributed by atoms with E-state index in [0.29, 0.717) is 18.5 Å². The highest BCUT2D eigenvalue weighted by atomic mass is 16.5. The molecule has 6 heteroatoms. The van der Waals surface area contributed by atoms with Crippen LogP contribution in [0.1, 0.15) is 96.7 Å². The van der Waals surface area contributed by atoms with Gasteiger partial charge in [0.15, 0.2) is 11.5 Å². The van der Waals surface area contributed by atoms with E-state index in [0.717, 1.165) is 24.8 Å². The molecule has 176 valence electrons. The number of fused-ring (bicyclic) bond motifs is 1. The van der Waals surface area contributed by atoms with E-state index in [-0.39, 0.29) is 28.1 Å². The second-order valence-corrected chi connectivity index (χ2v) is 10.7. The van der Waals surface area contributed by atoms with Gasteiger partial charge in [-0.2, -0.15) is 0 Å². The molecule has 1 fully saturated rings. The topological polar surface area (TPSA) is 76.8 Å². The van der Waals surface area contributed by atoms with E-state index in [1.807, 2.05) is 13.0 Å². The van der Waals surface area contributed by atoms with Crippen LogP contribution >= 0.6 is 0 Å². The van der Waals surface area contributed by atoms with Gasteiger partial charge in [-0.05, 0) is 78.3 Å². The molecular weight excluding hydrogens is 418 g/mol. The third kappa shape index (κ3) is 4.00. The highest BCUT2D eigenvalue weighted by Gasteiger charge is 2.39. The number of carbonyl (C=O) groups excluding carboxylic acids is 3. The first-order chi connectivity index (χ1) is 15.5. The Morgan fingerprint density at radius 1 is 1.00 bits per heavy atom. The molecule has 6 nitrogen and oxygen atoms in total. The third-order valence-electron chi connectivity index (χ3n) is 7.47. The van der Waals surface area contributed by atoms with Gasteiger partial charge in [-0.15, -0.1) is 0 Å². The Morgan fingerprint density at radius 2 is 1.61 bits per heavy atom. The number of benzene rings is 1. The summed E-state index contributed by atoms with van der Waals surface area (Å²) in [5.41, 5.74) is 4.05. The molecule has 0 N–H and O–H groups in total. The van der Waals surface area contributed by atoms with Crippen molar-refractivity contribution in [3.05, 3.63) is 58.0 Å². The molecular formula is C27H33NO5. The van der Waals surface area contributed by atoms with Gasteiger partial charge in [-0.1, -0.05) is 33.8 Å². The number of ether oxygens (including phenoxy) is 1. The van der Waals surface area contributed by atoms with E-state index in [9.17, 15) is 14.4 Å². The van der Waals surface area contributed by atoms with E-state index >= 15 is 0 Å². The van der Waals surface area contributed by atoms with Crippen LogP contribution in [0.3, 0.4) is 0 Å². The number of furan rings is 1. The third-order valence-corrected chi connectivity index (χ3v) is 7.47. The SMILES string of the molecule is COC(=O)C1CCCN1C(=O)c1ccc(C(=O)c2cc3c(cc2C)C(C)(C)CCC3(C)C)o1. The summed E-state index contributed by atoms with van der Waals surface area (Å²) in [5.74, 6) is -0.875. The van der Waals surface area contributed by atoms with E-state index < -0.39 is 17.9 Å². The number of methoxy groups -OCH3 is 1. The number of esters is 1. The van der Waals surface area contributed by atoms with Crippen LogP contribution in [0.5, 0.6) is 0 Å². The van der Waals surface area contributed by atoms with Crippen molar-refractivity contribution >= 4 is 17.7 Å². The fourth-order valence-electron chi connectivity index (χ4n) is 5.21. The molecule has 0 bridgehead atoms. The van der Waals surface area contributed by atoms with Gasteiger partial charge >= 0.3 is 5.97 Å². The molecule has 1 aromatic heterocycles. The average molecular weight is 452 g/mol. The maximum absolute atomic E-state index is 13.4. The van der Waals surface area contributed by atoms with Crippen LogP contribution in [0.25, 0.3) is 0 Å². The van der Waals surface area contributed by atoms with E-state index in [1.54, 1.807) is 6.07 Å². The largest absolute Gasteiger partial charge is 0.467 e. The maximum Gasteiger partial charge on any atom is 0.328 e. The van der Waals surface area contributed by atoms with Crippen molar-refractivity contribution in [1.82, 2.24) is 4.90 Å². The summed E-state index contributed by atoms with van der Waals surface area (Å²) < 4.78 is 10.6. The molecule has 1 atom stereocenters. The van der Waals surface area contributed by atoms with Crippen LogP contribution in [-0.2, 0) is 20.4 Å². The van der Waals surface area contributed by atoms with Gasteiger partial charge in [-0.25, -0.2) is 4.79 Å². The molecule has 1 aromatic carbocycles. The Kier molecular flexibility index (Phi) is 5.75. The summed E-state index contributed by atoms with van der Waals surface area (Å²) in [6.45, 7) is 11.4. The predicted octanol–water partition coefficient (Wildman–Crippen LogP) is 4.95. The van der Waals surface area contributed by atoms with Crippen LogP contribution in [0.2, 0.25) is 0 Å². The first-order valence-electron chi connectivity index (χ1n) is 11.7. The molecule has 1 saturated heterocycles. The van der Waals surface area contributed by atoms with Gasteiger partial charge in [0.25, 0.3) is 5.91 Å². The minimum atomic E-state index is -0.611. The molecule has 0 saturated carbocycles. The molecule has 2 aromatic rings. The summed E-state index contributed by atoms with van der Waals surface area (Å²) >= 11 is 0. The molecule has 0 radical (unpaired) electrons. The zero-order chi connectivity index (χ0) is 24.1. The number of nitrogens with zero attached hydrogens (tertiary/aromatic N) is 1. The molecule has 1 aliphatic heterocycles. The summed E-state index contributed by atoms with van der Waals surface area (Å²) in [6.07, 6.45) is 3.44. The summed E-state index contributed by atoms with van der Waals surface area (Å²) in [7, 11) is 1.32. The molecule has 1 unspecified atom stereocenters. The standard InChI is InChI=1S/C27H33NO5/c1-16-14-18-19(27(4,5)12-11-26(18,2)3)15-17(16)23(29)21-9-10-22(33-21)24(30)28-13-7-8-20(28)25(31)32-6/h9-10,14-15,20H,7-8,11-13H2,1-6H3. The predicted molar refractivity (Wildman–Crippen MR) is 125 cm³/mol. The highest BCUT2D eigenvalue weighted by Crippen LogP contribution is 2.46. The molecule has 1 aliphatic carbocycles. The fraction of sp³-hybridized carbons (Fsp3) is 0.519. The quantitative estimate of drug-likeness (QED) is 0.486. The Labute approximate surface area is 195 Å². The summed E-state index contributed by atoms with van der Waals surface area (Å²) in [6, 6.07) is 6.62. The summed E-state index contributed by atoms with van der Waals surface area (Å²) in [5, 5.41) is 0. The Hall–Kier alpha value is -2.89. The number of hydrogen-bond acceptors (Lipinski definition) is 5. The van der Waals surface area contributed by atoms with Crippen LogP contribution < -0.4 is 0 Å². The van der Waals surface area contributed by atoms with Crippen molar-refractivity contribution < 1.29 is 23.5 Å². The van der Waals surface area contributed by atoms with Crippen molar-refractivity contribution in [1.29, 1.82) is 0 Å². The van der Waals surface area contributed by atoms with Crippen molar-refractivity contribution in [2.24, 2.45) is 0 Å². The van der Waals surface area contributed by atoms with Crippen molar-refractivity contribution in [2.45, 2.75) is 77.2 Å². The normalized spacial score (nSPS) is 20.9. The van der Waals surface area contributed by atoms with Gasteiger partial charge in [-0.3, -0.25) is 9.59 Å². The second-order valence-electron chi connectivity index (χ2n) is 10.7. The number of carbonyl (C=O) groups is 3. The van der Waals surface area contributed by atoms with E-state index in [2.05, 4.69) is 33.8 Å². The number of aryl methyl sites for hydroxylation is 1. The van der Waals surface area contributed by atoms with Gasteiger partial charge in [0.05, 0.1) is 7.11 Å². The molecule has 4 rings (SSSR count). The monoisotopic (exact) mass is 451 g/mol. The molecule has 2 aliphatic rings. The highest BCUT2D eigenvalue weighted by molar-refractivity contribution is 6.09. The van der Waals surface area contributed by atoms with Gasteiger partial charge in [0, 0.05) is 12.1 Å².